The van der Waals surface area contributed by atoms with Crippen molar-refractivity contribution < 1.29 is 14.0 Å². The zero-order chi connectivity index (χ0) is 17.6. The summed E-state index contributed by atoms with van der Waals surface area (Å²) in [7, 11) is 0. The van der Waals surface area contributed by atoms with Gasteiger partial charge in [0, 0.05) is 24.7 Å². The maximum absolute atomic E-state index is 12.5. The summed E-state index contributed by atoms with van der Waals surface area (Å²) < 4.78 is 4.64. The van der Waals surface area contributed by atoms with E-state index in [0.29, 0.717) is 23.5 Å². The van der Waals surface area contributed by atoms with Gasteiger partial charge >= 0.3 is 0 Å². The van der Waals surface area contributed by atoms with Crippen molar-refractivity contribution in [2.24, 2.45) is 17.3 Å². The average molecular weight is 379 g/mol. The van der Waals surface area contributed by atoms with Crippen LogP contribution in [-0.2, 0) is 15.5 Å². The molecule has 3 aliphatic carbocycles. The van der Waals surface area contributed by atoms with E-state index < -0.39 is 0 Å². The topological polar surface area (TPSA) is 35.5 Å². The molecule has 3 nitrogen and oxygen atoms in total. The highest BCUT2D eigenvalue weighted by Crippen LogP contribution is 2.60. The molecule has 3 aliphatic rings. The predicted molar refractivity (Wildman–Crippen MR) is 103 cm³/mol. The van der Waals surface area contributed by atoms with E-state index >= 15 is 0 Å². The van der Waals surface area contributed by atoms with Crippen molar-refractivity contribution >= 4 is 30.5 Å². The van der Waals surface area contributed by atoms with E-state index in [4.69, 9.17) is 4.89 Å². The Morgan fingerprint density at radius 2 is 2.12 bits per heavy atom. The third-order valence-corrected chi connectivity index (χ3v) is 7.92. The van der Waals surface area contributed by atoms with Crippen LogP contribution in [-0.4, -0.2) is 11.5 Å². The third-order valence-electron chi connectivity index (χ3n) is 6.93. The molecule has 25 heavy (non-hydrogen) atoms. The van der Waals surface area contributed by atoms with Crippen molar-refractivity contribution in [2.75, 3.05) is 5.75 Å². The number of Topliss-reactive ketones (excluding diaryl/α,β-unsaturated/α-hetero) is 1. The molecule has 5 heteroatoms. The highest BCUT2D eigenvalue weighted by atomic mass is 32.2. The van der Waals surface area contributed by atoms with E-state index in [-0.39, 0.29) is 5.41 Å². The zero-order valence-corrected chi connectivity index (χ0v) is 16.6. The van der Waals surface area contributed by atoms with Gasteiger partial charge in [0.05, 0.1) is 4.90 Å². The molecule has 0 radical (unpaired) electrons. The molecule has 0 aliphatic heterocycles. The van der Waals surface area contributed by atoms with E-state index in [0.717, 1.165) is 48.5 Å². The fourth-order valence-corrected chi connectivity index (χ4v) is 6.56. The van der Waals surface area contributed by atoms with Crippen LogP contribution in [0.1, 0.15) is 63.0 Å². The summed E-state index contributed by atoms with van der Waals surface area (Å²) >= 11 is 5.52. The minimum atomic E-state index is -0.0530. The zero-order valence-electron chi connectivity index (χ0n) is 14.9. The van der Waals surface area contributed by atoms with Gasteiger partial charge < -0.3 is 4.89 Å². The first kappa shape index (κ1) is 17.7. The van der Waals surface area contributed by atoms with Crippen molar-refractivity contribution in [3.05, 3.63) is 23.3 Å². The first-order valence-corrected chi connectivity index (χ1v) is 10.7. The number of hydrogen-bond acceptors (Lipinski definition) is 5. The van der Waals surface area contributed by atoms with E-state index in [1.165, 1.54) is 17.5 Å². The molecule has 2 saturated carbocycles. The predicted octanol–water partition coefficient (Wildman–Crippen LogP) is 5.38. The molecule has 4 atom stereocenters. The van der Waals surface area contributed by atoms with Crippen LogP contribution in [0.5, 0.6) is 5.75 Å². The lowest BCUT2D eigenvalue weighted by molar-refractivity contribution is -0.129. The van der Waals surface area contributed by atoms with Gasteiger partial charge in [0.25, 0.3) is 0 Å². The van der Waals surface area contributed by atoms with Gasteiger partial charge in [-0.1, -0.05) is 13.8 Å². The average Bonchev–Trinajstić information content (AvgIpc) is 2.91. The molecule has 0 heterocycles. The van der Waals surface area contributed by atoms with Gasteiger partial charge in [0.15, 0.2) is 5.75 Å². The first-order valence-electron chi connectivity index (χ1n) is 9.39. The summed E-state index contributed by atoms with van der Waals surface area (Å²) in [5.74, 6) is 4.10. The van der Waals surface area contributed by atoms with Crippen LogP contribution in [0.4, 0.5) is 0 Å². The minimum absolute atomic E-state index is 0.0530. The van der Waals surface area contributed by atoms with Crippen LogP contribution in [0.3, 0.4) is 0 Å². The van der Waals surface area contributed by atoms with Crippen LogP contribution >= 0.6 is 24.7 Å². The number of carbonyl (C=O) groups is 1. The fraction of sp³-hybridized carbons (Fsp3) is 0.650. The summed E-state index contributed by atoms with van der Waals surface area (Å²) in [6.07, 6.45) is 6.32. The Balaban J connectivity index is 1.70. The lowest BCUT2D eigenvalue weighted by atomic mass is 9.55. The second-order valence-corrected chi connectivity index (χ2v) is 9.38. The van der Waals surface area contributed by atoms with Crippen molar-refractivity contribution in [2.45, 2.75) is 63.2 Å². The number of ketones is 1. The van der Waals surface area contributed by atoms with E-state index in [2.05, 4.69) is 43.2 Å². The molecule has 0 spiro atoms. The van der Waals surface area contributed by atoms with E-state index in [1.54, 1.807) is 11.8 Å². The Hall–Kier alpha value is -0.650. The normalized spacial score (nSPS) is 33.6. The van der Waals surface area contributed by atoms with Crippen molar-refractivity contribution in [3.8, 4) is 5.75 Å². The summed E-state index contributed by atoms with van der Waals surface area (Å²) in [5, 5.41) is 0. The Morgan fingerprint density at radius 1 is 1.28 bits per heavy atom. The molecule has 0 bridgehead atoms. The standard InChI is InChI=1S/C20H26O3S2/c1-3-25-18-11-15-12(10-17(18)22-23-24)4-5-14-13(15)8-9-20(2)16(14)6-7-19(20)21/h10-11,13-14,16,24H,3-9H2,1-2H3. The molecule has 4 unspecified atom stereocenters. The largest absolute Gasteiger partial charge is 0.324 e. The van der Waals surface area contributed by atoms with Crippen LogP contribution in [0.2, 0.25) is 0 Å². The van der Waals surface area contributed by atoms with Crippen molar-refractivity contribution in [1.82, 2.24) is 0 Å². The van der Waals surface area contributed by atoms with Crippen LogP contribution in [0.25, 0.3) is 0 Å². The molecule has 4 rings (SSSR count). The number of aryl methyl sites for hydroxylation is 1. The number of fused-ring (bicyclic) bond motifs is 5. The smallest absolute Gasteiger partial charge is 0.180 e. The van der Waals surface area contributed by atoms with Crippen molar-refractivity contribution in [3.63, 3.8) is 0 Å². The summed E-state index contributed by atoms with van der Waals surface area (Å²) in [6.45, 7) is 4.38. The number of hydrogen-bond donors (Lipinski definition) is 1. The van der Waals surface area contributed by atoms with E-state index in [9.17, 15) is 4.79 Å². The molecule has 2 fully saturated rings. The summed E-state index contributed by atoms with van der Waals surface area (Å²) in [6, 6.07) is 4.47. The third kappa shape index (κ3) is 2.83. The monoisotopic (exact) mass is 378 g/mol. The Kier molecular flexibility index (Phi) is 4.84. The van der Waals surface area contributed by atoms with Gasteiger partial charge in [-0.25, -0.2) is 0 Å². The van der Waals surface area contributed by atoms with Crippen LogP contribution < -0.4 is 4.89 Å². The van der Waals surface area contributed by atoms with Gasteiger partial charge in [-0.05, 0) is 78.9 Å². The quantitative estimate of drug-likeness (QED) is 0.251. The lowest BCUT2D eigenvalue weighted by Crippen LogP contribution is -2.42. The van der Waals surface area contributed by atoms with Crippen molar-refractivity contribution in [1.29, 1.82) is 0 Å². The highest BCUT2D eigenvalue weighted by Gasteiger charge is 2.54. The second-order valence-electron chi connectivity index (χ2n) is 7.92. The highest BCUT2D eigenvalue weighted by molar-refractivity contribution is 7.99. The maximum Gasteiger partial charge on any atom is 0.180 e. The first-order chi connectivity index (χ1) is 12.1. The Bertz CT molecular complexity index is 690. The molecule has 1 aromatic carbocycles. The fourth-order valence-electron chi connectivity index (χ4n) is 5.72. The van der Waals surface area contributed by atoms with Gasteiger partial charge in [0.1, 0.15) is 5.78 Å². The number of thioether (sulfide) groups is 1. The SMILES string of the molecule is CCSc1cc2c(cc1OOS)CCC1C2CCC2(C)C(=O)CCC12. The lowest BCUT2D eigenvalue weighted by Gasteiger charge is -2.48. The maximum atomic E-state index is 12.5. The van der Waals surface area contributed by atoms with Gasteiger partial charge in [0.2, 0.25) is 0 Å². The molecule has 0 amide bonds. The van der Waals surface area contributed by atoms with Gasteiger partial charge in [-0.2, -0.15) is 0 Å². The molecular weight excluding hydrogens is 352 g/mol. The van der Waals surface area contributed by atoms with E-state index in [1.807, 2.05) is 0 Å². The molecule has 1 aromatic rings. The molecular formula is C20H26O3S2. The Morgan fingerprint density at radius 3 is 2.88 bits per heavy atom. The summed E-state index contributed by atoms with van der Waals surface area (Å²) in [5.41, 5.74) is 2.82. The number of rotatable bonds is 4. The molecule has 0 saturated heterocycles. The van der Waals surface area contributed by atoms with Gasteiger partial charge in [-0.15, -0.1) is 16.1 Å². The second kappa shape index (κ2) is 6.82. The minimum Gasteiger partial charge on any atom is -0.324 e. The molecule has 0 N–H and O–H groups in total. The number of carbonyl (C=O) groups excluding carboxylic acids is 1. The number of benzene rings is 1. The summed E-state index contributed by atoms with van der Waals surface area (Å²) in [4.78, 5) is 18.9. The molecule has 136 valence electrons. The van der Waals surface area contributed by atoms with Crippen LogP contribution in [0, 0.1) is 17.3 Å². The van der Waals surface area contributed by atoms with Crippen LogP contribution in [0.15, 0.2) is 17.0 Å². The molecule has 0 aromatic heterocycles. The number of thiol groups is 1. The Labute approximate surface area is 159 Å². The van der Waals surface area contributed by atoms with Gasteiger partial charge in [-0.3, -0.25) is 4.79 Å².